The largest absolute Gasteiger partial charge is 0.491 e. The smallest absolute Gasteiger partial charge is 0.339 e. The first-order chi connectivity index (χ1) is 9.76. The number of halogens is 2. The predicted molar refractivity (Wildman–Crippen MR) is 82.2 cm³/mol. The number of nitrogens with zero attached hydrogens (tertiary/aromatic N) is 1. The predicted octanol–water partition coefficient (Wildman–Crippen LogP) is 4.79. The van der Waals surface area contributed by atoms with Crippen molar-refractivity contribution >= 4 is 29.2 Å². The molecule has 0 unspecified atom stereocenters. The molecule has 0 bridgehead atoms. The first kappa shape index (κ1) is 17.6. The molecule has 1 N–H and O–H groups in total. The van der Waals surface area contributed by atoms with E-state index in [9.17, 15) is 4.79 Å². The number of unbranched alkanes of at least 4 members (excludes halogenated alkanes) is 1. The van der Waals surface area contributed by atoms with Gasteiger partial charge < -0.3 is 9.84 Å². The van der Waals surface area contributed by atoms with Crippen LogP contribution in [0.25, 0.3) is 0 Å². The zero-order valence-corrected chi connectivity index (χ0v) is 13.5. The highest BCUT2D eigenvalue weighted by Crippen LogP contribution is 2.32. The van der Waals surface area contributed by atoms with E-state index in [-0.39, 0.29) is 26.8 Å². The molecule has 0 heterocycles. The van der Waals surface area contributed by atoms with Gasteiger partial charge in [0.05, 0.1) is 23.1 Å². The van der Waals surface area contributed by atoms with E-state index in [1.54, 1.807) is 0 Å². The van der Waals surface area contributed by atoms with Crippen LogP contribution in [0.4, 0.5) is 0 Å². The zero-order chi connectivity index (χ0) is 16.0. The molecule has 6 heteroatoms. The summed E-state index contributed by atoms with van der Waals surface area (Å²) in [5.74, 6) is -1.01. The monoisotopic (exact) mass is 329 g/mol. The van der Waals surface area contributed by atoms with E-state index in [1.165, 1.54) is 12.1 Å². The van der Waals surface area contributed by atoms with E-state index in [0.717, 1.165) is 12.8 Å². The second-order valence-corrected chi connectivity index (χ2v) is 6.21. The van der Waals surface area contributed by atoms with Gasteiger partial charge in [0.25, 0.3) is 0 Å². The minimum Gasteiger partial charge on any atom is -0.491 e. The van der Waals surface area contributed by atoms with Gasteiger partial charge in [-0.3, -0.25) is 0 Å². The molecule has 0 aliphatic rings. The summed E-state index contributed by atoms with van der Waals surface area (Å²) >= 11 is 11.8. The topological polar surface area (TPSA) is 70.3 Å². The van der Waals surface area contributed by atoms with Crippen LogP contribution in [0, 0.1) is 16.7 Å². The molecule has 0 saturated carbocycles. The molecule has 21 heavy (non-hydrogen) atoms. The van der Waals surface area contributed by atoms with Crippen LogP contribution < -0.4 is 4.74 Å². The van der Waals surface area contributed by atoms with Crippen LogP contribution in [0.1, 0.15) is 43.5 Å². The molecule has 0 aromatic heterocycles. The Morgan fingerprint density at radius 2 is 2.05 bits per heavy atom. The molecule has 1 rings (SSSR count). The molecule has 1 aromatic rings. The summed E-state index contributed by atoms with van der Waals surface area (Å²) in [6.07, 6.45) is 2.28. The highest BCUT2D eigenvalue weighted by molar-refractivity contribution is 6.36. The maximum Gasteiger partial charge on any atom is 0.339 e. The average Bonchev–Trinajstić information content (AvgIpc) is 2.39. The van der Waals surface area contributed by atoms with Gasteiger partial charge in [-0.25, -0.2) is 4.79 Å². The van der Waals surface area contributed by atoms with Gasteiger partial charge in [0.15, 0.2) is 5.75 Å². The minimum atomic E-state index is -1.14. The quantitative estimate of drug-likeness (QED) is 0.730. The Morgan fingerprint density at radius 1 is 1.38 bits per heavy atom. The van der Waals surface area contributed by atoms with Crippen LogP contribution in [0.5, 0.6) is 5.75 Å². The van der Waals surface area contributed by atoms with Crippen molar-refractivity contribution in [2.24, 2.45) is 5.41 Å². The number of benzene rings is 1. The molecule has 4 nitrogen and oxygen atoms in total. The molecule has 1 aromatic carbocycles. The van der Waals surface area contributed by atoms with Gasteiger partial charge in [-0.05, 0) is 45.2 Å². The maximum atomic E-state index is 11.2. The molecule has 0 fully saturated rings. The third-order valence-corrected chi connectivity index (χ3v) is 3.48. The normalized spacial score (nSPS) is 11.0. The lowest BCUT2D eigenvalue weighted by atomic mass is 9.89. The van der Waals surface area contributed by atoms with E-state index in [0.29, 0.717) is 13.0 Å². The Morgan fingerprint density at radius 3 is 2.62 bits per heavy atom. The molecular weight excluding hydrogens is 313 g/mol. The Balaban J connectivity index is 2.61. The molecule has 0 amide bonds. The Bertz CT molecular complexity index is 565. The highest BCUT2D eigenvalue weighted by atomic mass is 35.5. The number of nitriles is 1. The van der Waals surface area contributed by atoms with Gasteiger partial charge in [0, 0.05) is 5.02 Å². The van der Waals surface area contributed by atoms with Gasteiger partial charge in [0.1, 0.15) is 5.56 Å². The van der Waals surface area contributed by atoms with E-state index < -0.39 is 5.97 Å². The first-order valence-electron chi connectivity index (χ1n) is 6.53. The van der Waals surface area contributed by atoms with Crippen molar-refractivity contribution in [3.63, 3.8) is 0 Å². The van der Waals surface area contributed by atoms with Crippen LogP contribution in [-0.2, 0) is 0 Å². The molecule has 0 aliphatic carbocycles. The second kappa shape index (κ2) is 7.53. The minimum absolute atomic E-state index is 0.0511. The van der Waals surface area contributed by atoms with Crippen molar-refractivity contribution in [1.29, 1.82) is 5.26 Å². The maximum absolute atomic E-state index is 11.2. The van der Waals surface area contributed by atoms with Crippen LogP contribution in [0.3, 0.4) is 0 Å². The zero-order valence-electron chi connectivity index (χ0n) is 11.9. The van der Waals surface area contributed by atoms with Gasteiger partial charge >= 0.3 is 5.97 Å². The van der Waals surface area contributed by atoms with Gasteiger partial charge in [-0.15, -0.1) is 0 Å². The lowest BCUT2D eigenvalue weighted by molar-refractivity contribution is 0.0692. The van der Waals surface area contributed by atoms with Crippen molar-refractivity contribution in [3.8, 4) is 11.8 Å². The second-order valence-electron chi connectivity index (χ2n) is 5.37. The van der Waals surface area contributed by atoms with Gasteiger partial charge in [-0.2, -0.15) is 5.26 Å². The third-order valence-electron chi connectivity index (χ3n) is 2.98. The number of hydrogen-bond acceptors (Lipinski definition) is 3. The molecule has 114 valence electrons. The molecule has 0 spiro atoms. The molecule has 0 saturated heterocycles. The summed E-state index contributed by atoms with van der Waals surface area (Å²) in [6, 6.07) is 4.99. The summed E-state index contributed by atoms with van der Waals surface area (Å²) < 4.78 is 5.48. The van der Waals surface area contributed by atoms with E-state index in [2.05, 4.69) is 6.07 Å². The van der Waals surface area contributed by atoms with Gasteiger partial charge in [0.2, 0.25) is 0 Å². The number of carboxylic acid groups (broad SMARTS) is 1. The summed E-state index contributed by atoms with van der Waals surface area (Å²) in [4.78, 5) is 11.2. The lowest BCUT2D eigenvalue weighted by Crippen LogP contribution is -2.09. The fourth-order valence-corrected chi connectivity index (χ4v) is 2.31. The van der Waals surface area contributed by atoms with Crippen molar-refractivity contribution in [2.45, 2.75) is 33.1 Å². The average molecular weight is 330 g/mol. The summed E-state index contributed by atoms with van der Waals surface area (Å²) in [7, 11) is 0. The van der Waals surface area contributed by atoms with Crippen LogP contribution in [-0.4, -0.2) is 17.7 Å². The standard InChI is InChI=1S/C15H17Cl2NO3/c1-15(2,9-18)5-3-4-6-21-13-11(14(19)20)7-10(16)8-12(13)17/h7-8H,3-6H2,1-2H3,(H,19,20). The van der Waals surface area contributed by atoms with Crippen LogP contribution in [0.15, 0.2) is 12.1 Å². The molecule has 0 aliphatic heterocycles. The highest BCUT2D eigenvalue weighted by Gasteiger charge is 2.18. The van der Waals surface area contributed by atoms with Crippen LogP contribution in [0.2, 0.25) is 10.0 Å². The number of rotatable bonds is 7. The van der Waals surface area contributed by atoms with Crippen molar-refractivity contribution in [3.05, 3.63) is 27.7 Å². The molecular formula is C15H17Cl2NO3. The van der Waals surface area contributed by atoms with Gasteiger partial charge in [-0.1, -0.05) is 23.2 Å². The van der Waals surface area contributed by atoms with Crippen LogP contribution >= 0.6 is 23.2 Å². The number of carboxylic acids is 1. The molecule has 0 radical (unpaired) electrons. The molecule has 0 atom stereocenters. The summed E-state index contributed by atoms with van der Waals surface area (Å²) in [6.45, 7) is 4.10. The first-order valence-corrected chi connectivity index (χ1v) is 7.29. The summed E-state index contributed by atoms with van der Waals surface area (Å²) in [5, 5.41) is 18.5. The SMILES string of the molecule is CC(C)(C#N)CCCCOc1c(Cl)cc(Cl)cc1C(=O)O. The Kier molecular flexibility index (Phi) is 6.32. The number of ether oxygens (including phenoxy) is 1. The Hall–Kier alpha value is -1.44. The third kappa shape index (κ3) is 5.45. The van der Waals surface area contributed by atoms with E-state index >= 15 is 0 Å². The Labute approximate surface area is 134 Å². The fraction of sp³-hybridized carbons (Fsp3) is 0.467. The summed E-state index contributed by atoms with van der Waals surface area (Å²) in [5.41, 5.74) is -0.408. The van der Waals surface area contributed by atoms with Crippen molar-refractivity contribution in [1.82, 2.24) is 0 Å². The number of carbonyl (C=O) groups is 1. The van der Waals surface area contributed by atoms with Crippen molar-refractivity contribution < 1.29 is 14.6 Å². The number of hydrogen-bond donors (Lipinski definition) is 1. The number of aromatic carboxylic acids is 1. The van der Waals surface area contributed by atoms with E-state index in [1.807, 2.05) is 13.8 Å². The lowest BCUT2D eigenvalue weighted by Gasteiger charge is -2.15. The van der Waals surface area contributed by atoms with E-state index in [4.69, 9.17) is 38.3 Å². The fourth-order valence-electron chi connectivity index (χ4n) is 1.77. The van der Waals surface area contributed by atoms with Crippen molar-refractivity contribution in [2.75, 3.05) is 6.61 Å².